The van der Waals surface area contributed by atoms with Crippen LogP contribution in [-0.4, -0.2) is 12.9 Å². The highest BCUT2D eigenvalue weighted by atomic mass is 35.5. The summed E-state index contributed by atoms with van der Waals surface area (Å²) >= 11 is 6.11. The Morgan fingerprint density at radius 3 is 2.33 bits per heavy atom. The van der Waals surface area contributed by atoms with Crippen LogP contribution in [0.3, 0.4) is 0 Å². The SMILES string of the molecule is COc1ccc(C(=O)c2ccccc2C(C)(C)C)cc1Cl. The summed E-state index contributed by atoms with van der Waals surface area (Å²) in [7, 11) is 1.55. The van der Waals surface area contributed by atoms with Crippen LogP contribution in [0.15, 0.2) is 42.5 Å². The molecule has 0 bridgehead atoms. The van der Waals surface area contributed by atoms with Gasteiger partial charge in [-0.1, -0.05) is 56.6 Å². The molecule has 0 fully saturated rings. The average molecular weight is 303 g/mol. The van der Waals surface area contributed by atoms with Crippen molar-refractivity contribution < 1.29 is 9.53 Å². The lowest BCUT2D eigenvalue weighted by atomic mass is 9.82. The van der Waals surface area contributed by atoms with Crippen LogP contribution in [0.2, 0.25) is 5.02 Å². The molecule has 0 aliphatic heterocycles. The Hall–Kier alpha value is -1.80. The second-order valence-corrected chi connectivity index (χ2v) is 6.38. The smallest absolute Gasteiger partial charge is 0.193 e. The predicted octanol–water partition coefficient (Wildman–Crippen LogP) is 4.88. The number of hydrogen-bond donors (Lipinski definition) is 0. The molecule has 0 saturated carbocycles. The monoisotopic (exact) mass is 302 g/mol. The van der Waals surface area contributed by atoms with E-state index in [1.165, 1.54) is 0 Å². The molecule has 0 heterocycles. The second kappa shape index (κ2) is 5.90. The van der Waals surface area contributed by atoms with Gasteiger partial charge in [-0.15, -0.1) is 0 Å². The predicted molar refractivity (Wildman–Crippen MR) is 86.6 cm³/mol. The first-order chi connectivity index (χ1) is 9.84. The minimum Gasteiger partial charge on any atom is -0.495 e. The Labute approximate surface area is 130 Å². The van der Waals surface area contributed by atoms with Gasteiger partial charge in [0.15, 0.2) is 5.78 Å². The Morgan fingerprint density at radius 2 is 1.76 bits per heavy atom. The van der Waals surface area contributed by atoms with E-state index in [0.29, 0.717) is 21.9 Å². The van der Waals surface area contributed by atoms with Gasteiger partial charge in [0.05, 0.1) is 12.1 Å². The molecule has 2 aromatic rings. The van der Waals surface area contributed by atoms with Crippen LogP contribution >= 0.6 is 11.6 Å². The third-order valence-electron chi connectivity index (χ3n) is 3.39. The van der Waals surface area contributed by atoms with Crippen LogP contribution in [0.4, 0.5) is 0 Å². The van der Waals surface area contributed by atoms with Crippen LogP contribution in [-0.2, 0) is 5.41 Å². The standard InChI is InChI=1S/C18H19ClO2/c1-18(2,3)14-8-6-5-7-13(14)17(20)12-9-10-16(21-4)15(19)11-12/h5-11H,1-4H3. The normalized spacial score (nSPS) is 11.3. The van der Waals surface area contributed by atoms with Crippen molar-refractivity contribution in [3.05, 3.63) is 64.2 Å². The van der Waals surface area contributed by atoms with Crippen LogP contribution < -0.4 is 4.74 Å². The molecule has 0 amide bonds. The third-order valence-corrected chi connectivity index (χ3v) is 3.69. The first-order valence-corrected chi connectivity index (χ1v) is 7.20. The molecular weight excluding hydrogens is 284 g/mol. The lowest BCUT2D eigenvalue weighted by Gasteiger charge is -2.22. The van der Waals surface area contributed by atoms with Gasteiger partial charge in [-0.2, -0.15) is 0 Å². The molecule has 2 rings (SSSR count). The van der Waals surface area contributed by atoms with Crippen LogP contribution in [0, 0.1) is 0 Å². The molecule has 2 aromatic carbocycles. The van der Waals surface area contributed by atoms with Gasteiger partial charge in [0.2, 0.25) is 0 Å². The molecule has 110 valence electrons. The van der Waals surface area contributed by atoms with E-state index < -0.39 is 0 Å². The Balaban J connectivity index is 2.48. The molecule has 21 heavy (non-hydrogen) atoms. The van der Waals surface area contributed by atoms with Gasteiger partial charge >= 0.3 is 0 Å². The Morgan fingerprint density at radius 1 is 1.10 bits per heavy atom. The number of carbonyl (C=O) groups excluding carboxylic acids is 1. The summed E-state index contributed by atoms with van der Waals surface area (Å²) in [5.41, 5.74) is 2.22. The van der Waals surface area contributed by atoms with E-state index in [2.05, 4.69) is 20.8 Å². The maximum Gasteiger partial charge on any atom is 0.193 e. The van der Waals surface area contributed by atoms with Crippen molar-refractivity contribution in [3.8, 4) is 5.75 Å². The fraction of sp³-hybridized carbons (Fsp3) is 0.278. The number of rotatable bonds is 3. The molecule has 0 aliphatic carbocycles. The summed E-state index contributed by atoms with van der Waals surface area (Å²) in [4.78, 5) is 12.8. The molecule has 0 spiro atoms. The summed E-state index contributed by atoms with van der Waals surface area (Å²) in [5.74, 6) is 0.544. The number of hydrogen-bond acceptors (Lipinski definition) is 2. The maximum atomic E-state index is 12.8. The molecular formula is C18H19ClO2. The molecule has 0 radical (unpaired) electrons. The Kier molecular flexibility index (Phi) is 4.38. The van der Waals surface area contributed by atoms with Crippen molar-refractivity contribution in [1.82, 2.24) is 0 Å². The highest BCUT2D eigenvalue weighted by Gasteiger charge is 2.22. The van der Waals surface area contributed by atoms with Gasteiger partial charge in [-0.05, 0) is 29.2 Å². The van der Waals surface area contributed by atoms with Crippen LogP contribution in [0.25, 0.3) is 0 Å². The van der Waals surface area contributed by atoms with E-state index in [9.17, 15) is 4.79 Å². The second-order valence-electron chi connectivity index (χ2n) is 5.97. The molecule has 3 heteroatoms. The first-order valence-electron chi connectivity index (χ1n) is 6.82. The molecule has 0 aromatic heterocycles. The van der Waals surface area contributed by atoms with Gasteiger partial charge in [-0.3, -0.25) is 4.79 Å². The number of benzene rings is 2. The van der Waals surface area contributed by atoms with Crippen molar-refractivity contribution in [2.45, 2.75) is 26.2 Å². The van der Waals surface area contributed by atoms with Crippen molar-refractivity contribution in [1.29, 1.82) is 0 Å². The van der Waals surface area contributed by atoms with Crippen molar-refractivity contribution in [3.63, 3.8) is 0 Å². The quantitative estimate of drug-likeness (QED) is 0.756. The van der Waals surface area contributed by atoms with E-state index in [1.807, 2.05) is 24.3 Å². The number of carbonyl (C=O) groups is 1. The van der Waals surface area contributed by atoms with E-state index in [4.69, 9.17) is 16.3 Å². The minimum absolute atomic E-state index is 0.0231. The summed E-state index contributed by atoms with van der Waals surface area (Å²) in [6.07, 6.45) is 0. The van der Waals surface area contributed by atoms with Gasteiger partial charge in [0.25, 0.3) is 0 Å². The van der Waals surface area contributed by atoms with Gasteiger partial charge in [0, 0.05) is 11.1 Å². The lowest BCUT2D eigenvalue weighted by Crippen LogP contribution is -2.17. The largest absolute Gasteiger partial charge is 0.495 e. The zero-order chi connectivity index (χ0) is 15.6. The van der Waals surface area contributed by atoms with E-state index in [0.717, 1.165) is 5.56 Å². The Bertz CT molecular complexity index is 669. The van der Waals surface area contributed by atoms with Crippen LogP contribution in [0.5, 0.6) is 5.75 Å². The van der Waals surface area contributed by atoms with Gasteiger partial charge < -0.3 is 4.74 Å². The van der Waals surface area contributed by atoms with E-state index in [-0.39, 0.29) is 11.2 Å². The van der Waals surface area contributed by atoms with Crippen LogP contribution in [0.1, 0.15) is 42.3 Å². The number of ether oxygens (including phenoxy) is 1. The summed E-state index contributed by atoms with van der Waals surface area (Å²) < 4.78 is 5.12. The summed E-state index contributed by atoms with van der Waals surface area (Å²) in [6, 6.07) is 12.8. The summed E-state index contributed by atoms with van der Waals surface area (Å²) in [5, 5.41) is 0.441. The molecule has 0 atom stereocenters. The molecule has 0 N–H and O–H groups in total. The average Bonchev–Trinajstić information content (AvgIpc) is 2.45. The highest BCUT2D eigenvalue weighted by molar-refractivity contribution is 6.32. The molecule has 0 unspecified atom stereocenters. The van der Waals surface area contributed by atoms with Gasteiger partial charge in [0.1, 0.15) is 5.75 Å². The fourth-order valence-corrected chi connectivity index (χ4v) is 2.56. The minimum atomic E-state index is -0.0947. The zero-order valence-corrected chi connectivity index (χ0v) is 13.5. The van der Waals surface area contributed by atoms with E-state index in [1.54, 1.807) is 25.3 Å². The summed E-state index contributed by atoms with van der Waals surface area (Å²) in [6.45, 7) is 6.29. The van der Waals surface area contributed by atoms with Gasteiger partial charge in [-0.25, -0.2) is 0 Å². The number of halogens is 1. The lowest BCUT2D eigenvalue weighted by molar-refractivity contribution is 0.103. The molecule has 0 saturated heterocycles. The number of ketones is 1. The molecule has 2 nitrogen and oxygen atoms in total. The van der Waals surface area contributed by atoms with Crippen molar-refractivity contribution in [2.75, 3.05) is 7.11 Å². The first kappa shape index (κ1) is 15.6. The highest BCUT2D eigenvalue weighted by Crippen LogP contribution is 2.30. The van der Waals surface area contributed by atoms with Crippen molar-refractivity contribution >= 4 is 17.4 Å². The van der Waals surface area contributed by atoms with E-state index >= 15 is 0 Å². The topological polar surface area (TPSA) is 26.3 Å². The number of methoxy groups -OCH3 is 1. The van der Waals surface area contributed by atoms with Crippen molar-refractivity contribution in [2.24, 2.45) is 0 Å². The molecule has 0 aliphatic rings. The maximum absolute atomic E-state index is 12.8. The zero-order valence-electron chi connectivity index (χ0n) is 12.7. The fourth-order valence-electron chi connectivity index (χ4n) is 2.30. The third kappa shape index (κ3) is 3.27.